The van der Waals surface area contributed by atoms with Crippen LogP contribution >= 0.6 is 0 Å². The van der Waals surface area contributed by atoms with Crippen molar-refractivity contribution in [3.8, 4) is 17.6 Å². The van der Waals surface area contributed by atoms with E-state index in [9.17, 15) is 4.79 Å². The fraction of sp³-hybridized carbons (Fsp3) is 0.125. The topological polar surface area (TPSA) is 59.3 Å². The third-order valence-corrected chi connectivity index (χ3v) is 2.58. The van der Waals surface area contributed by atoms with E-state index in [1.165, 1.54) is 0 Å². The predicted molar refractivity (Wildman–Crippen MR) is 73.5 cm³/mol. The molecule has 0 saturated carbocycles. The van der Waals surface area contributed by atoms with Crippen molar-refractivity contribution in [3.05, 3.63) is 59.7 Å². The van der Waals surface area contributed by atoms with Gasteiger partial charge < -0.3 is 9.47 Å². The summed E-state index contributed by atoms with van der Waals surface area (Å²) in [7, 11) is 0. The van der Waals surface area contributed by atoms with Gasteiger partial charge in [0.25, 0.3) is 0 Å². The molecule has 0 atom stereocenters. The van der Waals surface area contributed by atoms with Crippen molar-refractivity contribution in [2.45, 2.75) is 6.92 Å². The molecule has 100 valence electrons. The summed E-state index contributed by atoms with van der Waals surface area (Å²) in [6.45, 7) is 1.73. The number of aryl methyl sites for hydroxylation is 1. The van der Waals surface area contributed by atoms with Gasteiger partial charge in [-0.1, -0.05) is 24.3 Å². The number of carbonyl (C=O) groups is 1. The molecule has 0 unspecified atom stereocenters. The van der Waals surface area contributed by atoms with E-state index >= 15 is 0 Å². The molecule has 2 aromatic rings. The quantitative estimate of drug-likeness (QED) is 0.631. The van der Waals surface area contributed by atoms with E-state index < -0.39 is 5.97 Å². The minimum atomic E-state index is -0.547. The van der Waals surface area contributed by atoms with E-state index in [0.29, 0.717) is 11.3 Å². The molecule has 0 N–H and O–H groups in total. The summed E-state index contributed by atoms with van der Waals surface area (Å²) in [6.07, 6.45) is 0. The van der Waals surface area contributed by atoms with Crippen LogP contribution < -0.4 is 9.47 Å². The second-order valence-electron chi connectivity index (χ2n) is 4.19. The van der Waals surface area contributed by atoms with Crippen LogP contribution in [-0.4, -0.2) is 12.6 Å². The lowest BCUT2D eigenvalue weighted by molar-refractivity contribution is -0.136. The number of ether oxygens (including phenoxy) is 2. The fourth-order valence-corrected chi connectivity index (χ4v) is 1.65. The van der Waals surface area contributed by atoms with Crippen LogP contribution in [0.3, 0.4) is 0 Å². The Morgan fingerprint density at radius 2 is 2.00 bits per heavy atom. The summed E-state index contributed by atoms with van der Waals surface area (Å²) in [5, 5.41) is 8.90. The molecule has 0 aliphatic carbocycles. The van der Waals surface area contributed by atoms with Crippen molar-refractivity contribution in [2.75, 3.05) is 6.61 Å². The van der Waals surface area contributed by atoms with E-state index in [4.69, 9.17) is 14.7 Å². The summed E-state index contributed by atoms with van der Waals surface area (Å²) in [4.78, 5) is 11.7. The van der Waals surface area contributed by atoms with Crippen molar-refractivity contribution in [1.29, 1.82) is 5.26 Å². The van der Waals surface area contributed by atoms with Gasteiger partial charge in [-0.05, 0) is 36.8 Å². The molecule has 0 bridgehead atoms. The van der Waals surface area contributed by atoms with Crippen LogP contribution in [0.2, 0.25) is 0 Å². The Labute approximate surface area is 117 Å². The first-order valence-corrected chi connectivity index (χ1v) is 6.08. The van der Waals surface area contributed by atoms with Gasteiger partial charge in [-0.25, -0.2) is 4.79 Å². The van der Waals surface area contributed by atoms with Gasteiger partial charge in [0.2, 0.25) is 0 Å². The molecule has 0 aromatic heterocycles. The standard InChI is InChI=1S/C16H13NO3/c1-12-5-4-7-14(9-12)19-11-16(18)20-15-8-3-2-6-13(15)10-17/h2-9H,11H2,1H3. The summed E-state index contributed by atoms with van der Waals surface area (Å²) >= 11 is 0. The number of benzene rings is 2. The van der Waals surface area contributed by atoms with Gasteiger partial charge in [0.05, 0.1) is 5.56 Å². The van der Waals surface area contributed by atoms with Gasteiger partial charge in [-0.15, -0.1) is 0 Å². The summed E-state index contributed by atoms with van der Waals surface area (Å²) in [6, 6.07) is 15.9. The maximum Gasteiger partial charge on any atom is 0.349 e. The van der Waals surface area contributed by atoms with Crippen LogP contribution in [0.25, 0.3) is 0 Å². The molecule has 4 heteroatoms. The molecule has 0 saturated heterocycles. The number of hydrogen-bond acceptors (Lipinski definition) is 4. The molecule has 0 radical (unpaired) electrons. The average Bonchev–Trinajstić information content (AvgIpc) is 2.46. The Hall–Kier alpha value is -2.80. The monoisotopic (exact) mass is 267 g/mol. The largest absolute Gasteiger partial charge is 0.482 e. The molecule has 0 heterocycles. The molecule has 20 heavy (non-hydrogen) atoms. The highest BCUT2D eigenvalue weighted by atomic mass is 16.6. The first-order valence-electron chi connectivity index (χ1n) is 6.08. The lowest BCUT2D eigenvalue weighted by atomic mass is 10.2. The second kappa shape index (κ2) is 6.39. The number of nitriles is 1. The third-order valence-electron chi connectivity index (χ3n) is 2.58. The van der Waals surface area contributed by atoms with Crippen LogP contribution in [0, 0.1) is 18.3 Å². The van der Waals surface area contributed by atoms with E-state index in [-0.39, 0.29) is 12.4 Å². The first kappa shape index (κ1) is 13.6. The van der Waals surface area contributed by atoms with Gasteiger partial charge in [0.1, 0.15) is 17.6 Å². The minimum absolute atomic E-state index is 0.205. The van der Waals surface area contributed by atoms with Crippen LogP contribution in [0.15, 0.2) is 48.5 Å². The zero-order valence-electron chi connectivity index (χ0n) is 11.0. The molecule has 0 aliphatic rings. The Balaban J connectivity index is 1.95. The van der Waals surface area contributed by atoms with Crippen molar-refractivity contribution in [3.63, 3.8) is 0 Å². The van der Waals surface area contributed by atoms with Crippen LogP contribution in [0.1, 0.15) is 11.1 Å². The Morgan fingerprint density at radius 3 is 2.75 bits per heavy atom. The molecule has 0 amide bonds. The normalized spacial score (nSPS) is 9.60. The minimum Gasteiger partial charge on any atom is -0.482 e. The lowest BCUT2D eigenvalue weighted by Crippen LogP contribution is -2.18. The van der Waals surface area contributed by atoms with Gasteiger partial charge in [-0.3, -0.25) is 0 Å². The lowest BCUT2D eigenvalue weighted by Gasteiger charge is -2.08. The molecule has 0 spiro atoms. The maximum absolute atomic E-state index is 11.7. The van der Waals surface area contributed by atoms with Gasteiger partial charge >= 0.3 is 5.97 Å². The summed E-state index contributed by atoms with van der Waals surface area (Å²) in [5.74, 6) is 0.303. The zero-order valence-corrected chi connectivity index (χ0v) is 11.0. The van der Waals surface area contributed by atoms with E-state index in [1.807, 2.05) is 31.2 Å². The first-order chi connectivity index (χ1) is 9.69. The van der Waals surface area contributed by atoms with Crippen LogP contribution in [0.5, 0.6) is 11.5 Å². The van der Waals surface area contributed by atoms with E-state index in [1.54, 1.807) is 30.3 Å². The highest BCUT2D eigenvalue weighted by Crippen LogP contribution is 2.17. The molecule has 0 aliphatic heterocycles. The van der Waals surface area contributed by atoms with Crippen LogP contribution in [0.4, 0.5) is 0 Å². The van der Waals surface area contributed by atoms with Gasteiger partial charge in [0.15, 0.2) is 6.61 Å². The van der Waals surface area contributed by atoms with Crippen LogP contribution in [-0.2, 0) is 4.79 Å². The summed E-state index contributed by atoms with van der Waals surface area (Å²) in [5.41, 5.74) is 1.36. The Morgan fingerprint density at radius 1 is 1.20 bits per heavy atom. The number of hydrogen-bond donors (Lipinski definition) is 0. The SMILES string of the molecule is Cc1cccc(OCC(=O)Oc2ccccc2C#N)c1. The Kier molecular flexibility index (Phi) is 4.35. The molecular weight excluding hydrogens is 254 g/mol. The second-order valence-corrected chi connectivity index (χ2v) is 4.19. The number of carbonyl (C=O) groups excluding carboxylic acids is 1. The van der Waals surface area contributed by atoms with Crippen molar-refractivity contribution in [1.82, 2.24) is 0 Å². The number of esters is 1. The van der Waals surface area contributed by atoms with E-state index in [2.05, 4.69) is 0 Å². The molecule has 0 fully saturated rings. The molecule has 2 aromatic carbocycles. The highest BCUT2D eigenvalue weighted by Gasteiger charge is 2.09. The number of nitrogens with zero attached hydrogens (tertiary/aromatic N) is 1. The fourth-order valence-electron chi connectivity index (χ4n) is 1.65. The average molecular weight is 267 g/mol. The zero-order chi connectivity index (χ0) is 14.4. The van der Waals surface area contributed by atoms with Gasteiger partial charge in [0, 0.05) is 0 Å². The molecule has 4 nitrogen and oxygen atoms in total. The molecular formula is C16H13NO3. The van der Waals surface area contributed by atoms with Gasteiger partial charge in [-0.2, -0.15) is 5.26 Å². The number of rotatable bonds is 4. The van der Waals surface area contributed by atoms with Crippen molar-refractivity contribution in [2.24, 2.45) is 0 Å². The van der Waals surface area contributed by atoms with E-state index in [0.717, 1.165) is 5.56 Å². The number of para-hydroxylation sites is 1. The maximum atomic E-state index is 11.7. The van der Waals surface area contributed by atoms with Crippen molar-refractivity contribution >= 4 is 5.97 Å². The molecule has 2 rings (SSSR count). The summed E-state index contributed by atoms with van der Waals surface area (Å²) < 4.78 is 10.4. The van der Waals surface area contributed by atoms with Crippen molar-refractivity contribution < 1.29 is 14.3 Å². The Bertz CT molecular complexity index is 659. The smallest absolute Gasteiger partial charge is 0.349 e. The predicted octanol–water partition coefficient (Wildman–Crippen LogP) is 2.85. The third kappa shape index (κ3) is 3.59. The highest BCUT2D eigenvalue weighted by molar-refractivity contribution is 5.74.